The van der Waals surface area contributed by atoms with E-state index in [-0.39, 0.29) is 46.3 Å². The van der Waals surface area contributed by atoms with Gasteiger partial charge >= 0.3 is 0 Å². The molecule has 1 atom stereocenters. The average molecular weight is 850 g/mol. The minimum absolute atomic E-state index is 0.0541. The molecule has 0 spiro atoms. The number of rotatable bonds is 19. The topological polar surface area (TPSA) is 200 Å². The van der Waals surface area contributed by atoms with E-state index in [4.69, 9.17) is 18.9 Å². The van der Waals surface area contributed by atoms with Gasteiger partial charge in [0.05, 0.1) is 68.1 Å². The van der Waals surface area contributed by atoms with Crippen molar-refractivity contribution < 1.29 is 42.9 Å². The number of carbonyl (C=O) groups is 5. The number of anilines is 1. The molecule has 2 aromatic carbocycles. The fourth-order valence-electron chi connectivity index (χ4n) is 9.81. The zero-order valence-electron chi connectivity index (χ0n) is 35.3. The van der Waals surface area contributed by atoms with Gasteiger partial charge < -0.3 is 39.0 Å². The van der Waals surface area contributed by atoms with Crippen LogP contribution in [0, 0.1) is 10.8 Å². The molecule has 4 heterocycles. The molecular weight excluding hydrogens is 799 g/mol. The Bertz CT molecular complexity index is 2480. The first-order chi connectivity index (χ1) is 29.9. The maximum atomic E-state index is 13.3. The van der Waals surface area contributed by atoms with Crippen molar-refractivity contribution in [2.24, 2.45) is 17.9 Å². The molecule has 17 nitrogen and oxygen atoms in total. The fraction of sp³-hybridized carbons (Fsp3) is 0.444. The van der Waals surface area contributed by atoms with Crippen molar-refractivity contribution in [3.8, 4) is 22.6 Å². The second kappa shape index (κ2) is 17.3. The van der Waals surface area contributed by atoms with E-state index >= 15 is 0 Å². The lowest BCUT2D eigenvalue weighted by Gasteiger charge is -2.70. The normalized spacial score (nSPS) is 21.4. The van der Waals surface area contributed by atoms with Crippen molar-refractivity contribution in [3.63, 3.8) is 0 Å². The third-order valence-corrected chi connectivity index (χ3v) is 12.5. The summed E-state index contributed by atoms with van der Waals surface area (Å²) in [7, 11) is 7.09. The van der Waals surface area contributed by atoms with Gasteiger partial charge in [0.1, 0.15) is 17.5 Å². The van der Waals surface area contributed by atoms with E-state index in [0.717, 1.165) is 52.8 Å². The van der Waals surface area contributed by atoms with E-state index in [0.29, 0.717) is 68.6 Å². The molecule has 62 heavy (non-hydrogen) atoms. The number of piperidine rings is 1. The Kier molecular flexibility index (Phi) is 11.9. The van der Waals surface area contributed by atoms with Gasteiger partial charge in [-0.3, -0.25) is 44.0 Å². The molecule has 17 heteroatoms. The van der Waals surface area contributed by atoms with Crippen LogP contribution < -0.4 is 31.0 Å². The van der Waals surface area contributed by atoms with Crippen LogP contribution in [0.2, 0.25) is 0 Å². The second-order valence-electron chi connectivity index (χ2n) is 16.8. The predicted octanol–water partition coefficient (Wildman–Crippen LogP) is 2.88. The third kappa shape index (κ3) is 7.91. The number of aryl methyl sites for hydroxylation is 1. The van der Waals surface area contributed by atoms with Crippen LogP contribution in [-0.2, 0) is 37.4 Å². The molecule has 2 aromatic heterocycles. The number of ether oxygens (including phenoxy) is 4. The molecule has 326 valence electrons. The lowest BCUT2D eigenvalue weighted by molar-refractivity contribution is -0.213. The van der Waals surface area contributed by atoms with E-state index in [2.05, 4.69) is 32.9 Å². The van der Waals surface area contributed by atoms with Crippen molar-refractivity contribution in [3.05, 3.63) is 82.0 Å². The maximum absolute atomic E-state index is 13.3. The van der Waals surface area contributed by atoms with Crippen LogP contribution in [-0.4, -0.2) is 122 Å². The summed E-state index contributed by atoms with van der Waals surface area (Å²) in [6, 6.07) is 9.69. The van der Waals surface area contributed by atoms with Gasteiger partial charge in [-0.2, -0.15) is 0 Å². The summed E-state index contributed by atoms with van der Waals surface area (Å²) in [4.78, 5) is 83.6. The molecule has 4 aromatic rings. The predicted molar refractivity (Wildman–Crippen MR) is 227 cm³/mol. The number of hydrogen-bond acceptors (Lipinski definition) is 13. The van der Waals surface area contributed by atoms with E-state index in [1.807, 2.05) is 24.4 Å². The molecule has 5 aliphatic rings. The summed E-state index contributed by atoms with van der Waals surface area (Å²) in [5.41, 5.74) is 3.19. The van der Waals surface area contributed by atoms with Crippen LogP contribution in [0.25, 0.3) is 21.9 Å². The summed E-state index contributed by atoms with van der Waals surface area (Å²) >= 11 is 0. The molecule has 9 rings (SSSR count). The van der Waals surface area contributed by atoms with Gasteiger partial charge in [0.25, 0.3) is 17.4 Å². The molecule has 0 radical (unpaired) electrons. The standard InChI is InChI=1S/C45H51N7O10/c1-50(21-32-35(59-3)18-27(19-36(32)60-4)31-22-51(2)40(55)30-20-46-11-10-28(30)31)26-44-23-45(24-44,25-44)43(58)48-13-15-62-17-16-61-14-12-47-33-7-5-6-29-38(33)42(57)52(41(29)56)34-8-9-37(53)49-39(34)54/h5-7,10-11,18-20,22,34,47H,8-9,12-17,21,23-26H2,1-4H3,(H,48,58)(H,49,53,54). The molecule has 2 bridgehead atoms. The number of benzene rings is 2. The monoisotopic (exact) mass is 849 g/mol. The number of nitrogens with zero attached hydrogens (tertiary/aromatic N) is 4. The van der Waals surface area contributed by atoms with Gasteiger partial charge in [-0.25, -0.2) is 0 Å². The molecule has 4 fully saturated rings. The van der Waals surface area contributed by atoms with Gasteiger partial charge in [-0.1, -0.05) is 6.07 Å². The number of pyridine rings is 2. The Morgan fingerprint density at radius 3 is 2.32 bits per heavy atom. The Hall–Kier alpha value is -6.17. The lowest BCUT2D eigenvalue weighted by Crippen LogP contribution is -2.70. The van der Waals surface area contributed by atoms with E-state index in [9.17, 15) is 28.8 Å². The van der Waals surface area contributed by atoms with Gasteiger partial charge in [-0.05, 0) is 79.4 Å². The van der Waals surface area contributed by atoms with Gasteiger partial charge in [0.15, 0.2) is 0 Å². The summed E-state index contributed by atoms with van der Waals surface area (Å²) in [6.45, 7) is 3.52. The van der Waals surface area contributed by atoms with Crippen molar-refractivity contribution in [1.29, 1.82) is 0 Å². The second-order valence-corrected chi connectivity index (χ2v) is 16.8. The van der Waals surface area contributed by atoms with E-state index < -0.39 is 29.7 Å². The smallest absolute Gasteiger partial charge is 0.264 e. The third-order valence-electron chi connectivity index (χ3n) is 12.5. The van der Waals surface area contributed by atoms with Crippen molar-refractivity contribution >= 4 is 46.0 Å². The first kappa shape index (κ1) is 42.5. The summed E-state index contributed by atoms with van der Waals surface area (Å²) < 4.78 is 24.7. The molecule has 5 amide bonds. The molecule has 1 unspecified atom stereocenters. The number of nitrogens with one attached hydrogen (secondary N) is 3. The summed E-state index contributed by atoms with van der Waals surface area (Å²) in [6.07, 6.45) is 7.77. The van der Waals surface area contributed by atoms with Crippen molar-refractivity contribution in [2.45, 2.75) is 44.7 Å². The van der Waals surface area contributed by atoms with Gasteiger partial charge in [0, 0.05) is 69.5 Å². The van der Waals surface area contributed by atoms with Gasteiger partial charge in [0.2, 0.25) is 17.7 Å². The number of imide groups is 2. The Balaban J connectivity index is 0.732. The first-order valence-electron chi connectivity index (χ1n) is 20.8. The fourth-order valence-corrected chi connectivity index (χ4v) is 9.81. The minimum Gasteiger partial charge on any atom is -0.496 e. The average Bonchev–Trinajstić information content (AvgIpc) is 3.49. The molecule has 3 aliphatic carbocycles. The number of aromatic nitrogens is 2. The van der Waals surface area contributed by atoms with E-state index in [1.165, 1.54) is 0 Å². The molecular formula is C45H51N7O10. The Morgan fingerprint density at radius 1 is 0.919 bits per heavy atom. The number of carbonyl (C=O) groups excluding carboxylic acids is 5. The highest BCUT2D eigenvalue weighted by atomic mass is 16.5. The first-order valence-corrected chi connectivity index (χ1v) is 20.8. The minimum atomic E-state index is -1.03. The molecule has 1 saturated heterocycles. The zero-order valence-corrected chi connectivity index (χ0v) is 35.3. The molecule has 3 N–H and O–H groups in total. The highest BCUT2D eigenvalue weighted by Crippen LogP contribution is 2.73. The SMILES string of the molecule is COc1cc(-c2cn(C)c(=O)c3cnccc23)cc(OC)c1CN(C)CC12CC(C(=O)NCCOCCOCCNc3cccc4c3C(=O)N(C3CCC(=O)NC3=O)C4=O)(C1)C2. The van der Waals surface area contributed by atoms with Crippen LogP contribution >= 0.6 is 0 Å². The summed E-state index contributed by atoms with van der Waals surface area (Å²) in [5.74, 6) is -0.761. The summed E-state index contributed by atoms with van der Waals surface area (Å²) in [5, 5.41) is 9.74. The van der Waals surface area contributed by atoms with Crippen LogP contribution in [0.1, 0.15) is 58.4 Å². The largest absolute Gasteiger partial charge is 0.496 e. The number of methoxy groups -OCH3 is 2. The number of amides is 5. The zero-order chi connectivity index (χ0) is 43.8. The molecule has 2 aliphatic heterocycles. The number of hydrogen-bond donors (Lipinski definition) is 3. The maximum Gasteiger partial charge on any atom is 0.264 e. The Labute approximate surface area is 358 Å². The van der Waals surface area contributed by atoms with Crippen LogP contribution in [0.5, 0.6) is 11.5 Å². The van der Waals surface area contributed by atoms with Crippen molar-refractivity contribution in [1.82, 2.24) is 30.0 Å². The van der Waals surface area contributed by atoms with Crippen LogP contribution in [0.4, 0.5) is 5.69 Å². The van der Waals surface area contributed by atoms with E-state index in [1.54, 1.807) is 56.4 Å². The van der Waals surface area contributed by atoms with Crippen LogP contribution in [0.15, 0.2) is 59.8 Å². The van der Waals surface area contributed by atoms with Gasteiger partial charge in [-0.15, -0.1) is 0 Å². The molecule has 3 saturated carbocycles. The van der Waals surface area contributed by atoms with Crippen molar-refractivity contribution in [2.75, 3.05) is 72.6 Å². The highest BCUT2D eigenvalue weighted by molar-refractivity contribution is 6.25. The Morgan fingerprint density at radius 2 is 1.63 bits per heavy atom. The van der Waals surface area contributed by atoms with Crippen LogP contribution in [0.3, 0.4) is 0 Å². The highest BCUT2D eigenvalue weighted by Gasteiger charge is 2.71. The quantitative estimate of drug-likeness (QED) is 0.0921. The number of fused-ring (bicyclic) bond motifs is 2. The lowest BCUT2D eigenvalue weighted by atomic mass is 9.34.